The Balaban J connectivity index is 1.38. The van der Waals surface area contributed by atoms with E-state index < -0.39 is 0 Å². The molecule has 0 aliphatic carbocycles. The van der Waals surface area contributed by atoms with E-state index in [-0.39, 0.29) is 11.3 Å². The van der Waals surface area contributed by atoms with Gasteiger partial charge in [0, 0.05) is 30.6 Å². The smallest absolute Gasteiger partial charge is 0.257 e. The first-order valence-corrected chi connectivity index (χ1v) is 16.2. The van der Waals surface area contributed by atoms with E-state index in [0.717, 1.165) is 69.4 Å². The van der Waals surface area contributed by atoms with Crippen LogP contribution in [0.15, 0.2) is 36.4 Å². The zero-order chi connectivity index (χ0) is 30.2. The van der Waals surface area contributed by atoms with E-state index in [9.17, 15) is 4.79 Å². The van der Waals surface area contributed by atoms with Gasteiger partial charge in [0.15, 0.2) is 11.5 Å². The molecule has 1 amide bonds. The third-order valence-electron chi connectivity index (χ3n) is 10.1. The number of piperidine rings is 2. The second kappa shape index (κ2) is 14.7. The van der Waals surface area contributed by atoms with Crippen LogP contribution in [0, 0.1) is 0 Å². The number of carbonyl (C=O) groups excluding carboxylic acids is 1. The van der Waals surface area contributed by atoms with Crippen molar-refractivity contribution >= 4 is 5.91 Å². The summed E-state index contributed by atoms with van der Waals surface area (Å²) < 4.78 is 22.4. The van der Waals surface area contributed by atoms with E-state index in [1.807, 2.05) is 18.2 Å². The zero-order valence-corrected chi connectivity index (χ0v) is 26.7. The maximum atomic E-state index is 14.1. The van der Waals surface area contributed by atoms with Crippen LogP contribution in [0.4, 0.5) is 0 Å². The second-order valence-corrected chi connectivity index (χ2v) is 12.5. The van der Waals surface area contributed by atoms with Crippen LogP contribution in [0.1, 0.15) is 73.7 Å². The predicted octanol–water partition coefficient (Wildman–Crippen LogP) is 5.63. The number of likely N-dealkylation sites (tertiary alicyclic amines) is 3. The molecule has 236 valence electrons. The molecule has 0 unspecified atom stereocenters. The van der Waals surface area contributed by atoms with Gasteiger partial charge in [-0.3, -0.25) is 4.79 Å². The van der Waals surface area contributed by atoms with Crippen LogP contribution in [0.2, 0.25) is 0 Å². The third-order valence-corrected chi connectivity index (χ3v) is 10.1. The molecular formula is C35H51N3O5. The number of benzene rings is 2. The summed E-state index contributed by atoms with van der Waals surface area (Å²) in [5.74, 6) is 2.69. The van der Waals surface area contributed by atoms with E-state index in [1.54, 1.807) is 34.5 Å². The Morgan fingerprint density at radius 2 is 1.49 bits per heavy atom. The Hall–Kier alpha value is -2.97. The van der Waals surface area contributed by atoms with Crippen molar-refractivity contribution in [2.45, 2.75) is 69.2 Å². The van der Waals surface area contributed by atoms with Gasteiger partial charge >= 0.3 is 0 Å². The highest BCUT2D eigenvalue weighted by atomic mass is 16.5. The van der Waals surface area contributed by atoms with E-state index >= 15 is 0 Å². The number of carbonyl (C=O) groups is 1. The van der Waals surface area contributed by atoms with E-state index in [2.05, 4.69) is 26.8 Å². The molecule has 3 heterocycles. The second-order valence-electron chi connectivity index (χ2n) is 12.5. The van der Waals surface area contributed by atoms with Crippen molar-refractivity contribution in [1.29, 1.82) is 0 Å². The SMILES string of the molecule is COc1ccc(C(=O)N2CCCC[C@](CCN3CCC(N4CCCCC4)CC3)(c3ccc(OC)c(OC)c3)C2)c(OC)c1. The molecule has 8 heteroatoms. The van der Waals surface area contributed by atoms with Crippen LogP contribution >= 0.6 is 0 Å². The van der Waals surface area contributed by atoms with Crippen molar-refractivity contribution in [3.05, 3.63) is 47.5 Å². The van der Waals surface area contributed by atoms with Crippen LogP contribution in [0.25, 0.3) is 0 Å². The summed E-state index contributed by atoms with van der Waals surface area (Å²) in [6.07, 6.45) is 10.7. The normalized spacial score (nSPS) is 22.6. The summed E-state index contributed by atoms with van der Waals surface area (Å²) >= 11 is 0. The maximum absolute atomic E-state index is 14.1. The molecule has 0 spiro atoms. The first kappa shape index (κ1) is 31.5. The van der Waals surface area contributed by atoms with E-state index in [4.69, 9.17) is 18.9 Å². The van der Waals surface area contributed by atoms with Crippen LogP contribution < -0.4 is 18.9 Å². The summed E-state index contributed by atoms with van der Waals surface area (Å²) in [4.78, 5) is 21.6. The van der Waals surface area contributed by atoms with Gasteiger partial charge in [-0.15, -0.1) is 0 Å². The van der Waals surface area contributed by atoms with Crippen molar-refractivity contribution in [2.24, 2.45) is 0 Å². The third kappa shape index (κ3) is 7.23. The molecule has 3 aliphatic heterocycles. The number of ether oxygens (including phenoxy) is 4. The molecule has 0 N–H and O–H groups in total. The molecule has 0 aromatic heterocycles. The standard InChI is InChI=1S/C35H51N3O5/c1-40-29-11-12-30(32(25-29)42-3)34(39)38-20-9-6-16-35(26-38,27-10-13-31(41-2)33(24-27)43-4)17-23-36-21-14-28(15-22-36)37-18-7-5-8-19-37/h10-13,24-25,28H,5-9,14-23,26H2,1-4H3/t35-/m1/s1. The fourth-order valence-corrected chi connectivity index (χ4v) is 7.52. The lowest BCUT2D eigenvalue weighted by atomic mass is 9.73. The first-order chi connectivity index (χ1) is 21.0. The summed E-state index contributed by atoms with van der Waals surface area (Å²) in [7, 11) is 6.60. The van der Waals surface area contributed by atoms with Crippen LogP contribution in [-0.4, -0.2) is 101 Å². The highest BCUT2D eigenvalue weighted by Gasteiger charge is 2.39. The number of methoxy groups -OCH3 is 4. The highest BCUT2D eigenvalue weighted by Crippen LogP contribution is 2.41. The van der Waals surface area contributed by atoms with Gasteiger partial charge in [0.05, 0.1) is 34.0 Å². The fraction of sp³-hybridized carbons (Fsp3) is 0.629. The lowest BCUT2D eigenvalue weighted by Crippen LogP contribution is -2.48. The molecule has 2 aromatic carbocycles. The lowest BCUT2D eigenvalue weighted by molar-refractivity contribution is 0.0693. The number of hydrogen-bond donors (Lipinski definition) is 0. The number of nitrogens with zero attached hydrogens (tertiary/aromatic N) is 3. The molecule has 8 nitrogen and oxygen atoms in total. The van der Waals surface area contributed by atoms with E-state index in [1.165, 1.54) is 50.8 Å². The van der Waals surface area contributed by atoms with Crippen molar-refractivity contribution < 1.29 is 23.7 Å². The Morgan fingerprint density at radius 3 is 2.19 bits per heavy atom. The van der Waals surface area contributed by atoms with Gasteiger partial charge in [-0.05, 0) is 107 Å². The first-order valence-electron chi connectivity index (χ1n) is 16.2. The van der Waals surface area contributed by atoms with Crippen molar-refractivity contribution in [2.75, 3.05) is 74.3 Å². The molecule has 0 saturated carbocycles. The quantitative estimate of drug-likeness (QED) is 0.354. The van der Waals surface area contributed by atoms with Crippen LogP contribution in [0.3, 0.4) is 0 Å². The fourth-order valence-electron chi connectivity index (χ4n) is 7.52. The Kier molecular flexibility index (Phi) is 10.7. The molecule has 3 fully saturated rings. The van der Waals surface area contributed by atoms with Gasteiger partial charge in [-0.2, -0.15) is 0 Å². The topological polar surface area (TPSA) is 63.7 Å². The largest absolute Gasteiger partial charge is 0.497 e. The van der Waals surface area contributed by atoms with Crippen molar-refractivity contribution in [1.82, 2.24) is 14.7 Å². The van der Waals surface area contributed by atoms with Crippen molar-refractivity contribution in [3.63, 3.8) is 0 Å². The van der Waals surface area contributed by atoms with Crippen molar-refractivity contribution in [3.8, 4) is 23.0 Å². The molecule has 5 rings (SSSR count). The Labute approximate surface area is 258 Å². The maximum Gasteiger partial charge on any atom is 0.257 e. The average molecular weight is 594 g/mol. The highest BCUT2D eigenvalue weighted by molar-refractivity contribution is 5.97. The number of rotatable bonds is 10. The van der Waals surface area contributed by atoms with Crippen LogP contribution in [-0.2, 0) is 5.41 Å². The molecule has 1 atom stereocenters. The average Bonchev–Trinajstić information content (AvgIpc) is 3.30. The Morgan fingerprint density at radius 1 is 0.767 bits per heavy atom. The minimum absolute atomic E-state index is 0.00796. The minimum Gasteiger partial charge on any atom is -0.497 e. The number of amides is 1. The molecule has 3 aliphatic rings. The van der Waals surface area contributed by atoms with Gasteiger partial charge in [0.2, 0.25) is 0 Å². The molecule has 0 radical (unpaired) electrons. The molecule has 3 saturated heterocycles. The zero-order valence-electron chi connectivity index (χ0n) is 26.7. The van der Waals surface area contributed by atoms with Gasteiger partial charge in [0.25, 0.3) is 5.91 Å². The molecule has 0 bridgehead atoms. The summed E-state index contributed by atoms with van der Waals surface area (Å²) in [5, 5.41) is 0. The molecular weight excluding hydrogens is 542 g/mol. The van der Waals surface area contributed by atoms with Gasteiger partial charge in [0.1, 0.15) is 11.5 Å². The van der Waals surface area contributed by atoms with Gasteiger partial charge < -0.3 is 33.6 Å². The molecule has 2 aromatic rings. The number of hydrogen-bond acceptors (Lipinski definition) is 7. The summed E-state index contributed by atoms with van der Waals surface area (Å²) in [6, 6.07) is 12.5. The Bertz CT molecular complexity index is 1210. The lowest BCUT2D eigenvalue weighted by Gasteiger charge is -2.42. The van der Waals surface area contributed by atoms with Crippen LogP contribution in [0.5, 0.6) is 23.0 Å². The summed E-state index contributed by atoms with van der Waals surface area (Å²) in [5.41, 5.74) is 1.59. The minimum atomic E-state index is -0.199. The van der Waals surface area contributed by atoms with Gasteiger partial charge in [-0.25, -0.2) is 0 Å². The monoisotopic (exact) mass is 593 g/mol. The predicted molar refractivity (Wildman–Crippen MR) is 170 cm³/mol. The molecule has 43 heavy (non-hydrogen) atoms. The van der Waals surface area contributed by atoms with Gasteiger partial charge in [-0.1, -0.05) is 18.9 Å². The summed E-state index contributed by atoms with van der Waals surface area (Å²) in [6.45, 7) is 7.25. The van der Waals surface area contributed by atoms with E-state index in [0.29, 0.717) is 23.6 Å².